The van der Waals surface area contributed by atoms with Gasteiger partial charge in [-0.1, -0.05) is 36.5 Å². The second-order valence-electron chi connectivity index (χ2n) is 7.99. The first kappa shape index (κ1) is 16.1. The van der Waals surface area contributed by atoms with Crippen LogP contribution in [0.3, 0.4) is 0 Å². The molecule has 134 valence electrons. The minimum Gasteiger partial charge on any atom is -0.256 e. The maximum atomic E-state index is 9.18. The number of fused-ring (bicyclic) bond motifs is 1. The highest BCUT2D eigenvalue weighted by molar-refractivity contribution is 5.97. The minimum absolute atomic E-state index is 0.427. The Morgan fingerprint density at radius 3 is 2.27 bits per heavy atom. The van der Waals surface area contributed by atoms with E-state index in [1.807, 2.05) is 6.20 Å². The number of nitrogens with zero attached hydrogens (tertiary/aromatic N) is 1. The maximum absolute atomic E-state index is 9.18. The van der Waals surface area contributed by atoms with E-state index < -0.39 is 5.89 Å². The highest BCUT2D eigenvalue weighted by atomic mass is 14.7. The van der Waals surface area contributed by atoms with Crippen LogP contribution >= 0.6 is 0 Å². The van der Waals surface area contributed by atoms with Crippen molar-refractivity contribution in [3.8, 4) is 11.3 Å². The van der Waals surface area contributed by atoms with Gasteiger partial charge >= 0.3 is 0 Å². The number of benzene rings is 2. The van der Waals surface area contributed by atoms with E-state index in [2.05, 4.69) is 58.0 Å². The van der Waals surface area contributed by atoms with E-state index in [4.69, 9.17) is 4.98 Å². The van der Waals surface area contributed by atoms with Crippen LogP contribution < -0.4 is 0 Å². The van der Waals surface area contributed by atoms with Crippen LogP contribution in [0.2, 0.25) is 0 Å². The third-order valence-corrected chi connectivity index (χ3v) is 5.83. The standard InChI is InChI=1S/C25H29N/c1-16-12-17(2)14-21(13-16)25-23-15-18(3)24(20-8-6-5-7-9-20)19(4)22(23)10-11-26-25/h10-15,20H,5-9H2,1-4H3/i20D. The van der Waals surface area contributed by atoms with Crippen LogP contribution in [0.15, 0.2) is 36.5 Å². The van der Waals surface area contributed by atoms with E-state index in [0.29, 0.717) is 0 Å². The van der Waals surface area contributed by atoms with Crippen LogP contribution in [-0.4, -0.2) is 4.98 Å². The molecule has 4 rings (SSSR count). The van der Waals surface area contributed by atoms with Gasteiger partial charge < -0.3 is 0 Å². The average Bonchev–Trinajstić information content (AvgIpc) is 2.61. The van der Waals surface area contributed by atoms with Crippen molar-refractivity contribution in [3.05, 3.63) is 64.3 Å². The van der Waals surface area contributed by atoms with Gasteiger partial charge in [-0.2, -0.15) is 0 Å². The first-order valence-electron chi connectivity index (χ1n) is 10.4. The number of hydrogen-bond donors (Lipinski definition) is 0. The molecule has 3 aromatic rings. The summed E-state index contributed by atoms with van der Waals surface area (Å²) in [6.07, 6.45) is 7.51. The smallest absolute Gasteiger partial charge is 0.0780 e. The molecule has 1 aromatic heterocycles. The minimum atomic E-state index is -0.427. The van der Waals surface area contributed by atoms with E-state index in [-0.39, 0.29) is 0 Å². The molecule has 0 atom stereocenters. The largest absolute Gasteiger partial charge is 0.256 e. The molecule has 1 heteroatoms. The molecule has 1 aliphatic carbocycles. The van der Waals surface area contributed by atoms with Gasteiger partial charge in [-0.05, 0) is 92.8 Å². The summed E-state index contributed by atoms with van der Waals surface area (Å²) in [5, 5.41) is 2.46. The SMILES string of the molecule is [2H]C1(c2c(C)cc3c(-c4cc(C)cc(C)c4)nccc3c2C)CCCCC1. The van der Waals surface area contributed by atoms with Crippen LogP contribution in [0.25, 0.3) is 22.0 Å². The topological polar surface area (TPSA) is 12.9 Å². The van der Waals surface area contributed by atoms with E-state index in [0.717, 1.165) is 18.5 Å². The highest BCUT2D eigenvalue weighted by Crippen LogP contribution is 2.40. The van der Waals surface area contributed by atoms with Gasteiger partial charge in [0.15, 0.2) is 0 Å². The zero-order valence-corrected chi connectivity index (χ0v) is 16.4. The summed E-state index contributed by atoms with van der Waals surface area (Å²) >= 11 is 0. The zero-order chi connectivity index (χ0) is 19.2. The first-order chi connectivity index (χ1) is 12.9. The Bertz CT molecular complexity index is 992. The number of aromatic nitrogens is 1. The Morgan fingerprint density at radius 2 is 1.58 bits per heavy atom. The Hall–Kier alpha value is -2.15. The summed E-state index contributed by atoms with van der Waals surface area (Å²) in [5.74, 6) is -0.427. The van der Waals surface area contributed by atoms with Gasteiger partial charge in [-0.15, -0.1) is 0 Å². The lowest BCUT2D eigenvalue weighted by Gasteiger charge is -2.26. The summed E-state index contributed by atoms with van der Waals surface area (Å²) in [4.78, 5) is 4.75. The molecular weight excluding hydrogens is 314 g/mol. The number of rotatable bonds is 2. The van der Waals surface area contributed by atoms with Gasteiger partial charge in [-0.3, -0.25) is 4.98 Å². The summed E-state index contributed by atoms with van der Waals surface area (Å²) in [6.45, 7) is 8.68. The van der Waals surface area contributed by atoms with Crippen molar-refractivity contribution in [1.82, 2.24) is 4.98 Å². The second-order valence-corrected chi connectivity index (χ2v) is 7.99. The Morgan fingerprint density at radius 1 is 0.885 bits per heavy atom. The summed E-state index contributed by atoms with van der Waals surface area (Å²) in [7, 11) is 0. The van der Waals surface area contributed by atoms with Gasteiger partial charge in [0.25, 0.3) is 0 Å². The van der Waals surface area contributed by atoms with Crippen molar-refractivity contribution in [2.45, 2.75) is 65.7 Å². The molecule has 0 bridgehead atoms. The average molecular weight is 345 g/mol. The Kier molecular flexibility index (Phi) is 4.24. The highest BCUT2D eigenvalue weighted by Gasteiger charge is 2.21. The lowest BCUT2D eigenvalue weighted by molar-refractivity contribution is 0.441. The van der Waals surface area contributed by atoms with Crippen molar-refractivity contribution in [2.75, 3.05) is 0 Å². The van der Waals surface area contributed by atoms with Gasteiger partial charge in [-0.25, -0.2) is 0 Å². The molecule has 1 nitrogen and oxygen atoms in total. The Labute approximate surface area is 158 Å². The molecule has 1 aliphatic rings. The number of pyridine rings is 1. The zero-order valence-electron chi connectivity index (χ0n) is 17.4. The fourth-order valence-electron chi connectivity index (χ4n) is 4.78. The predicted molar refractivity (Wildman–Crippen MR) is 112 cm³/mol. The van der Waals surface area contributed by atoms with Crippen molar-refractivity contribution >= 4 is 10.8 Å². The molecule has 1 heterocycles. The van der Waals surface area contributed by atoms with Crippen molar-refractivity contribution in [2.24, 2.45) is 0 Å². The molecule has 0 amide bonds. The monoisotopic (exact) mass is 344 g/mol. The number of aryl methyl sites for hydroxylation is 4. The predicted octanol–water partition coefficient (Wildman–Crippen LogP) is 7.18. The van der Waals surface area contributed by atoms with Gasteiger partial charge in [0, 0.05) is 18.5 Å². The molecule has 0 spiro atoms. The maximum Gasteiger partial charge on any atom is 0.0780 e. The second kappa shape index (κ2) is 6.87. The van der Waals surface area contributed by atoms with Crippen molar-refractivity contribution in [3.63, 3.8) is 0 Å². The molecule has 0 N–H and O–H groups in total. The van der Waals surface area contributed by atoms with E-state index in [9.17, 15) is 1.37 Å². The lowest BCUT2D eigenvalue weighted by Crippen LogP contribution is -2.08. The molecule has 0 radical (unpaired) electrons. The molecule has 2 aromatic carbocycles. The van der Waals surface area contributed by atoms with E-state index >= 15 is 0 Å². The summed E-state index contributed by atoms with van der Waals surface area (Å²) in [5.41, 5.74) is 8.54. The fourth-order valence-corrected chi connectivity index (χ4v) is 4.78. The van der Waals surface area contributed by atoms with Crippen LogP contribution in [0.1, 0.15) is 67.2 Å². The quantitative estimate of drug-likeness (QED) is 0.479. The van der Waals surface area contributed by atoms with Crippen LogP contribution in [0, 0.1) is 27.7 Å². The lowest BCUT2D eigenvalue weighted by atomic mass is 9.79. The fraction of sp³-hybridized carbons (Fsp3) is 0.400. The third kappa shape index (κ3) is 3.05. The molecule has 26 heavy (non-hydrogen) atoms. The molecule has 1 saturated carbocycles. The van der Waals surface area contributed by atoms with Crippen LogP contribution in [0.5, 0.6) is 0 Å². The van der Waals surface area contributed by atoms with Crippen LogP contribution in [-0.2, 0) is 0 Å². The molecule has 0 saturated heterocycles. The summed E-state index contributed by atoms with van der Waals surface area (Å²) in [6, 6.07) is 11.1. The van der Waals surface area contributed by atoms with Crippen LogP contribution in [0.4, 0.5) is 0 Å². The molecule has 0 aliphatic heterocycles. The molecule has 1 fully saturated rings. The van der Waals surface area contributed by atoms with Gasteiger partial charge in [0.1, 0.15) is 0 Å². The van der Waals surface area contributed by atoms with E-state index in [1.165, 1.54) is 63.4 Å². The number of hydrogen-bond acceptors (Lipinski definition) is 1. The molecule has 0 unspecified atom stereocenters. The van der Waals surface area contributed by atoms with Crippen molar-refractivity contribution < 1.29 is 1.37 Å². The normalized spacial score (nSPS) is 17.3. The van der Waals surface area contributed by atoms with E-state index in [1.54, 1.807) is 0 Å². The molecular formula is C25H29N. The van der Waals surface area contributed by atoms with Gasteiger partial charge in [0.05, 0.1) is 5.69 Å². The Balaban J connectivity index is 1.96. The van der Waals surface area contributed by atoms with Crippen molar-refractivity contribution in [1.29, 1.82) is 0 Å². The van der Waals surface area contributed by atoms with Gasteiger partial charge in [0.2, 0.25) is 0 Å². The third-order valence-electron chi connectivity index (χ3n) is 5.83. The summed E-state index contributed by atoms with van der Waals surface area (Å²) < 4.78 is 9.18. The first-order valence-corrected chi connectivity index (χ1v) is 9.87.